The molecule has 7 heteroatoms. The normalized spacial score (nSPS) is 14.4. The second kappa shape index (κ2) is 12.2. The molecule has 7 nitrogen and oxygen atoms in total. The molecule has 0 unspecified atom stereocenters. The fourth-order valence-corrected chi connectivity index (χ4v) is 3.48. The number of carbonyl (C=O) groups is 2. The summed E-state index contributed by atoms with van der Waals surface area (Å²) in [6.45, 7) is 7.03. The van der Waals surface area contributed by atoms with E-state index in [1.807, 2.05) is 18.3 Å². The van der Waals surface area contributed by atoms with Crippen LogP contribution < -0.4 is 20.9 Å². The molecule has 1 aromatic heterocycles. The van der Waals surface area contributed by atoms with Gasteiger partial charge in [-0.25, -0.2) is 9.78 Å². The molecule has 0 aromatic carbocycles. The van der Waals surface area contributed by atoms with Crippen LogP contribution in [0.2, 0.25) is 0 Å². The SMILES string of the molecule is CCN(CC)c1ccc(CNC(=O)CCCNC(=O)NC2CCCCC2)cn1. The Hall–Kier alpha value is -2.31. The number of nitrogens with zero attached hydrogens (tertiary/aromatic N) is 2. The molecule has 0 atom stereocenters. The molecule has 1 aliphatic rings. The van der Waals surface area contributed by atoms with Gasteiger partial charge in [-0.05, 0) is 44.7 Å². The molecule has 2 rings (SSSR count). The molecule has 156 valence electrons. The van der Waals surface area contributed by atoms with E-state index in [2.05, 4.69) is 39.7 Å². The van der Waals surface area contributed by atoms with Crippen LogP contribution in [0.3, 0.4) is 0 Å². The van der Waals surface area contributed by atoms with Crippen LogP contribution in [0.25, 0.3) is 0 Å². The maximum atomic E-state index is 12.0. The van der Waals surface area contributed by atoms with E-state index in [0.29, 0.717) is 32.0 Å². The molecule has 1 aromatic rings. The van der Waals surface area contributed by atoms with Crippen molar-refractivity contribution >= 4 is 17.8 Å². The van der Waals surface area contributed by atoms with Gasteiger partial charge >= 0.3 is 6.03 Å². The van der Waals surface area contributed by atoms with Crippen LogP contribution in [-0.4, -0.2) is 42.6 Å². The lowest BCUT2D eigenvalue weighted by Crippen LogP contribution is -2.43. The van der Waals surface area contributed by atoms with E-state index < -0.39 is 0 Å². The summed E-state index contributed by atoms with van der Waals surface area (Å²) >= 11 is 0. The Balaban J connectivity index is 1.57. The van der Waals surface area contributed by atoms with Gasteiger partial charge in [-0.2, -0.15) is 0 Å². The number of hydrogen-bond acceptors (Lipinski definition) is 4. The molecule has 0 spiro atoms. The molecule has 0 aliphatic heterocycles. The smallest absolute Gasteiger partial charge is 0.315 e. The van der Waals surface area contributed by atoms with Crippen LogP contribution in [0, 0.1) is 0 Å². The molecule has 1 saturated carbocycles. The topological polar surface area (TPSA) is 86.4 Å². The average molecular weight is 390 g/mol. The molecule has 0 radical (unpaired) electrons. The molecule has 28 heavy (non-hydrogen) atoms. The van der Waals surface area contributed by atoms with E-state index in [-0.39, 0.29) is 11.9 Å². The predicted octanol–water partition coefficient (Wildman–Crippen LogP) is 2.96. The zero-order valence-corrected chi connectivity index (χ0v) is 17.3. The number of carbonyl (C=O) groups excluding carboxylic acids is 2. The van der Waals surface area contributed by atoms with E-state index in [4.69, 9.17) is 0 Å². The van der Waals surface area contributed by atoms with Crippen molar-refractivity contribution in [2.45, 2.75) is 71.4 Å². The van der Waals surface area contributed by atoms with Crippen molar-refractivity contribution in [2.24, 2.45) is 0 Å². The third-order valence-electron chi connectivity index (χ3n) is 5.19. The Labute approximate surface area is 168 Å². The quantitative estimate of drug-likeness (QED) is 0.537. The summed E-state index contributed by atoms with van der Waals surface area (Å²) in [4.78, 5) is 30.5. The summed E-state index contributed by atoms with van der Waals surface area (Å²) in [5.74, 6) is 0.944. The first-order valence-corrected chi connectivity index (χ1v) is 10.6. The van der Waals surface area contributed by atoms with E-state index >= 15 is 0 Å². The Bertz CT molecular complexity index is 595. The zero-order chi connectivity index (χ0) is 20.2. The Morgan fingerprint density at radius 2 is 1.86 bits per heavy atom. The fourth-order valence-electron chi connectivity index (χ4n) is 3.48. The van der Waals surface area contributed by atoms with Crippen molar-refractivity contribution in [3.8, 4) is 0 Å². The maximum absolute atomic E-state index is 12.0. The first-order valence-electron chi connectivity index (χ1n) is 10.6. The number of anilines is 1. The second-order valence-electron chi connectivity index (χ2n) is 7.31. The van der Waals surface area contributed by atoms with Crippen LogP contribution in [-0.2, 0) is 11.3 Å². The molecule has 1 heterocycles. The number of rotatable bonds is 10. The molecular formula is C21H35N5O2. The minimum atomic E-state index is -0.119. The zero-order valence-electron chi connectivity index (χ0n) is 17.3. The van der Waals surface area contributed by atoms with Gasteiger partial charge in [0.05, 0.1) is 0 Å². The Morgan fingerprint density at radius 1 is 1.11 bits per heavy atom. The Kier molecular flexibility index (Phi) is 9.59. The van der Waals surface area contributed by atoms with Gasteiger partial charge in [0, 0.05) is 44.8 Å². The highest BCUT2D eigenvalue weighted by Crippen LogP contribution is 2.17. The highest BCUT2D eigenvalue weighted by Gasteiger charge is 2.15. The number of hydrogen-bond donors (Lipinski definition) is 3. The lowest BCUT2D eigenvalue weighted by molar-refractivity contribution is -0.121. The largest absolute Gasteiger partial charge is 0.357 e. The van der Waals surface area contributed by atoms with Crippen molar-refractivity contribution in [2.75, 3.05) is 24.5 Å². The molecule has 3 amide bonds. The van der Waals surface area contributed by atoms with E-state index in [0.717, 1.165) is 37.3 Å². The number of pyridine rings is 1. The maximum Gasteiger partial charge on any atom is 0.315 e. The van der Waals surface area contributed by atoms with E-state index in [9.17, 15) is 9.59 Å². The third kappa shape index (κ3) is 7.74. The van der Waals surface area contributed by atoms with Crippen molar-refractivity contribution in [3.63, 3.8) is 0 Å². The molecular weight excluding hydrogens is 354 g/mol. The monoisotopic (exact) mass is 389 g/mol. The van der Waals surface area contributed by atoms with E-state index in [1.54, 1.807) is 0 Å². The van der Waals surface area contributed by atoms with Gasteiger partial charge in [0.15, 0.2) is 0 Å². The number of nitrogens with one attached hydrogen (secondary N) is 3. The summed E-state index contributed by atoms with van der Waals surface area (Å²) in [6.07, 6.45) is 8.63. The van der Waals surface area contributed by atoms with Gasteiger partial charge in [-0.1, -0.05) is 25.3 Å². The van der Waals surface area contributed by atoms with Crippen LogP contribution >= 0.6 is 0 Å². The molecule has 3 N–H and O–H groups in total. The standard InChI is InChI=1S/C21H35N5O2/c1-3-26(4-2)19-13-12-17(15-23-19)16-24-20(27)11-8-14-22-21(28)25-18-9-6-5-7-10-18/h12-13,15,18H,3-11,14,16H2,1-2H3,(H,24,27)(H2,22,25,28). The highest BCUT2D eigenvalue weighted by atomic mass is 16.2. The lowest BCUT2D eigenvalue weighted by atomic mass is 9.96. The van der Waals surface area contributed by atoms with Crippen LogP contribution in [0.5, 0.6) is 0 Å². The van der Waals surface area contributed by atoms with Crippen molar-refractivity contribution in [3.05, 3.63) is 23.9 Å². The summed E-state index contributed by atoms with van der Waals surface area (Å²) < 4.78 is 0. The lowest BCUT2D eigenvalue weighted by Gasteiger charge is -2.22. The van der Waals surface area contributed by atoms with Crippen molar-refractivity contribution < 1.29 is 9.59 Å². The van der Waals surface area contributed by atoms with Gasteiger partial charge in [-0.15, -0.1) is 0 Å². The number of amides is 3. The number of urea groups is 1. The first-order chi connectivity index (χ1) is 13.6. The van der Waals surface area contributed by atoms with Gasteiger partial charge in [0.2, 0.25) is 5.91 Å². The van der Waals surface area contributed by atoms with Crippen molar-refractivity contribution in [1.29, 1.82) is 0 Å². The van der Waals surface area contributed by atoms with E-state index in [1.165, 1.54) is 19.3 Å². The average Bonchev–Trinajstić information content (AvgIpc) is 2.72. The van der Waals surface area contributed by atoms with Gasteiger partial charge < -0.3 is 20.9 Å². The van der Waals surface area contributed by atoms with Gasteiger partial charge in [0.1, 0.15) is 5.82 Å². The molecule has 0 bridgehead atoms. The summed E-state index contributed by atoms with van der Waals surface area (Å²) in [6, 6.07) is 4.17. The second-order valence-corrected chi connectivity index (χ2v) is 7.31. The minimum Gasteiger partial charge on any atom is -0.357 e. The summed E-state index contributed by atoms with van der Waals surface area (Å²) in [7, 11) is 0. The minimum absolute atomic E-state index is 0.0118. The molecule has 0 saturated heterocycles. The first kappa shape index (κ1) is 22.0. The highest BCUT2D eigenvalue weighted by molar-refractivity contribution is 5.76. The van der Waals surface area contributed by atoms with Crippen molar-refractivity contribution in [1.82, 2.24) is 20.9 Å². The van der Waals surface area contributed by atoms with Gasteiger partial charge in [0.25, 0.3) is 0 Å². The summed E-state index contributed by atoms with van der Waals surface area (Å²) in [5.41, 5.74) is 0.981. The molecule has 1 aliphatic carbocycles. The predicted molar refractivity (Wildman–Crippen MR) is 112 cm³/mol. The molecule has 1 fully saturated rings. The number of aromatic nitrogens is 1. The van der Waals surface area contributed by atoms with Gasteiger partial charge in [-0.3, -0.25) is 4.79 Å². The van der Waals surface area contributed by atoms with Crippen LogP contribution in [0.15, 0.2) is 18.3 Å². The summed E-state index contributed by atoms with van der Waals surface area (Å²) in [5, 5.41) is 8.76. The Morgan fingerprint density at radius 3 is 2.50 bits per heavy atom. The van der Waals surface area contributed by atoms with Crippen LogP contribution in [0.1, 0.15) is 64.4 Å². The third-order valence-corrected chi connectivity index (χ3v) is 5.19. The fraction of sp³-hybridized carbons (Fsp3) is 0.667. The van der Waals surface area contributed by atoms with Crippen LogP contribution in [0.4, 0.5) is 10.6 Å².